The van der Waals surface area contributed by atoms with E-state index in [4.69, 9.17) is 14.6 Å². The third-order valence-corrected chi connectivity index (χ3v) is 9.55. The number of fused-ring (bicyclic) bond motifs is 2. The number of hydrogen-bond donors (Lipinski definition) is 0. The van der Waals surface area contributed by atoms with Crippen LogP contribution >= 0.6 is 0 Å². The number of carbonyl (C=O) groups excluding carboxylic acids is 1. The molecule has 0 aliphatic carbocycles. The van der Waals surface area contributed by atoms with E-state index in [0.717, 1.165) is 41.4 Å². The summed E-state index contributed by atoms with van der Waals surface area (Å²) in [7, 11) is 0.521. The van der Waals surface area contributed by atoms with E-state index in [2.05, 4.69) is 24.7 Å². The summed E-state index contributed by atoms with van der Waals surface area (Å²) in [6.45, 7) is 14.9. The molecular formula is C31H44F2N6O3Si. The summed E-state index contributed by atoms with van der Waals surface area (Å²) in [4.78, 5) is 16.8. The minimum Gasteiger partial charge on any atom is -0.444 e. The minimum atomic E-state index is -2.65. The van der Waals surface area contributed by atoms with Crippen LogP contribution in [0.1, 0.15) is 56.0 Å². The molecule has 5 rings (SSSR count). The highest BCUT2D eigenvalue weighted by atomic mass is 28.3. The number of amides is 1. The zero-order valence-corrected chi connectivity index (χ0v) is 27.4. The highest BCUT2D eigenvalue weighted by Gasteiger charge is 2.34. The van der Waals surface area contributed by atoms with E-state index in [-0.39, 0.29) is 11.7 Å². The second-order valence-electron chi connectivity index (χ2n) is 13.8. The summed E-state index contributed by atoms with van der Waals surface area (Å²) in [5.41, 5.74) is 4.17. The van der Waals surface area contributed by atoms with Crippen molar-refractivity contribution >= 4 is 25.7 Å². The van der Waals surface area contributed by atoms with Crippen LogP contribution in [0, 0.1) is 0 Å². The lowest BCUT2D eigenvalue weighted by Crippen LogP contribution is -2.40. The van der Waals surface area contributed by atoms with E-state index in [0.29, 0.717) is 56.3 Å². The normalized spacial score (nSPS) is 15.6. The third kappa shape index (κ3) is 7.12. The average molecular weight is 615 g/mol. The summed E-state index contributed by atoms with van der Waals surface area (Å²) in [6, 6.07) is 4.55. The van der Waals surface area contributed by atoms with Gasteiger partial charge in [-0.1, -0.05) is 19.6 Å². The number of carbonyl (C=O) groups is 1. The highest BCUT2D eigenvalue weighted by Crippen LogP contribution is 2.43. The fourth-order valence-corrected chi connectivity index (χ4v) is 6.42. The molecule has 0 radical (unpaired) electrons. The Kier molecular flexibility index (Phi) is 8.72. The van der Waals surface area contributed by atoms with Gasteiger partial charge in [-0.2, -0.15) is 10.2 Å². The number of anilines is 2. The summed E-state index contributed by atoms with van der Waals surface area (Å²) in [5.74, 6) is 0.687. The molecule has 0 unspecified atom stereocenters. The fourth-order valence-electron chi connectivity index (χ4n) is 5.67. The van der Waals surface area contributed by atoms with Crippen molar-refractivity contribution < 1.29 is 23.0 Å². The Hall–Kier alpha value is -3.25. The van der Waals surface area contributed by atoms with Gasteiger partial charge in [0.05, 0.1) is 18.4 Å². The number of halogens is 2. The van der Waals surface area contributed by atoms with Crippen molar-refractivity contribution in [3.63, 3.8) is 0 Å². The van der Waals surface area contributed by atoms with Crippen molar-refractivity contribution in [2.24, 2.45) is 7.05 Å². The Bertz CT molecular complexity index is 1470. The van der Waals surface area contributed by atoms with Gasteiger partial charge in [0, 0.05) is 69.8 Å². The third-order valence-electron chi connectivity index (χ3n) is 7.85. The van der Waals surface area contributed by atoms with Gasteiger partial charge >= 0.3 is 6.09 Å². The first-order valence-electron chi connectivity index (χ1n) is 15.1. The smallest absolute Gasteiger partial charge is 0.410 e. The number of nitrogens with zero attached hydrogens (tertiary/aromatic N) is 6. The number of alkyl halides is 2. The molecule has 9 nitrogen and oxygen atoms in total. The van der Waals surface area contributed by atoms with Crippen LogP contribution in [0.15, 0.2) is 24.5 Å². The number of rotatable bonds is 8. The maximum absolute atomic E-state index is 14.5. The Balaban J connectivity index is 1.53. The van der Waals surface area contributed by atoms with Crippen molar-refractivity contribution in [2.75, 3.05) is 24.6 Å². The molecule has 1 amide bonds. The Morgan fingerprint density at radius 2 is 1.91 bits per heavy atom. The lowest BCUT2D eigenvalue weighted by Gasteiger charge is -2.34. The first-order chi connectivity index (χ1) is 20.2. The summed E-state index contributed by atoms with van der Waals surface area (Å²) < 4.78 is 44.3. The molecule has 0 atom stereocenters. The lowest BCUT2D eigenvalue weighted by atomic mass is 9.93. The molecule has 0 saturated carbocycles. The molecule has 12 heteroatoms. The lowest BCUT2D eigenvalue weighted by molar-refractivity contribution is 0.0219. The van der Waals surface area contributed by atoms with Gasteiger partial charge in [0.25, 0.3) is 6.43 Å². The molecule has 4 heterocycles. The molecular weight excluding hydrogens is 570 g/mol. The van der Waals surface area contributed by atoms with Crippen LogP contribution < -0.4 is 4.90 Å². The number of benzene rings is 1. The molecule has 43 heavy (non-hydrogen) atoms. The Morgan fingerprint density at radius 1 is 1.14 bits per heavy atom. The zero-order chi connectivity index (χ0) is 31.1. The predicted molar refractivity (Wildman–Crippen MR) is 166 cm³/mol. The highest BCUT2D eigenvalue weighted by molar-refractivity contribution is 6.76. The molecule has 3 aromatic rings. The minimum absolute atomic E-state index is 0.0305. The van der Waals surface area contributed by atoms with Gasteiger partial charge in [-0.05, 0) is 62.9 Å². The van der Waals surface area contributed by atoms with Crippen LogP contribution in [0.5, 0.6) is 0 Å². The van der Waals surface area contributed by atoms with E-state index in [1.807, 2.05) is 36.4 Å². The van der Waals surface area contributed by atoms with E-state index >= 15 is 0 Å². The standard InChI is InChI=1S/C31H44F2N6O3Si/c1-31(2,3)42-30(40)37-12-10-26-25(19-37)29(35-39(26)20-41-13-14-43(5,6)7)38-11-8-9-21-15-23(22-17-34-36(4)18-22)24(28(32)33)16-27(21)38/h15-18,28H,8-14,19-20H2,1-7H3. The van der Waals surface area contributed by atoms with E-state index in [1.165, 1.54) is 0 Å². The topological polar surface area (TPSA) is 77.7 Å². The first kappa shape index (κ1) is 31.2. The molecule has 0 N–H and O–H groups in total. The SMILES string of the molecule is Cn1cc(-c2cc3c(cc2C(F)F)N(c2nn(COCC[Si](C)(C)C)c4c2CN(C(=O)OC(C)(C)C)CC4)CCC3)cn1. The van der Waals surface area contributed by atoms with Crippen LogP contribution in [-0.4, -0.2) is 63.9 Å². The fraction of sp³-hybridized carbons (Fsp3) is 0.581. The molecule has 2 aromatic heterocycles. The van der Waals surface area contributed by atoms with E-state index in [1.54, 1.807) is 35.1 Å². The van der Waals surface area contributed by atoms with Crippen LogP contribution in [0.4, 0.5) is 25.1 Å². The first-order valence-corrected chi connectivity index (χ1v) is 18.8. The van der Waals surface area contributed by atoms with Gasteiger partial charge in [0.1, 0.15) is 12.3 Å². The van der Waals surface area contributed by atoms with Gasteiger partial charge in [-0.15, -0.1) is 0 Å². The molecule has 0 spiro atoms. The molecule has 0 fully saturated rings. The molecule has 2 aliphatic rings. The summed E-state index contributed by atoms with van der Waals surface area (Å²) in [5, 5.41) is 9.23. The molecule has 1 aromatic carbocycles. The largest absolute Gasteiger partial charge is 0.444 e. The number of aromatic nitrogens is 4. The zero-order valence-electron chi connectivity index (χ0n) is 26.4. The molecule has 0 saturated heterocycles. The molecule has 2 aliphatic heterocycles. The van der Waals surface area contributed by atoms with Crippen molar-refractivity contribution in [3.8, 4) is 11.1 Å². The second kappa shape index (κ2) is 12.0. The van der Waals surface area contributed by atoms with E-state index in [9.17, 15) is 13.6 Å². The van der Waals surface area contributed by atoms with Gasteiger partial charge < -0.3 is 19.3 Å². The van der Waals surface area contributed by atoms with Crippen molar-refractivity contribution in [1.82, 2.24) is 24.5 Å². The van der Waals surface area contributed by atoms with Crippen LogP contribution in [0.25, 0.3) is 11.1 Å². The van der Waals surface area contributed by atoms with Crippen molar-refractivity contribution in [1.29, 1.82) is 0 Å². The van der Waals surface area contributed by atoms with Crippen LogP contribution in [-0.2, 0) is 42.6 Å². The number of aryl methyl sites for hydroxylation is 2. The van der Waals surface area contributed by atoms with Crippen LogP contribution in [0.3, 0.4) is 0 Å². The molecule has 234 valence electrons. The number of hydrogen-bond acceptors (Lipinski definition) is 6. The summed E-state index contributed by atoms with van der Waals surface area (Å²) >= 11 is 0. The van der Waals surface area contributed by atoms with Gasteiger partial charge in [-0.25, -0.2) is 18.3 Å². The van der Waals surface area contributed by atoms with E-state index < -0.39 is 20.1 Å². The van der Waals surface area contributed by atoms with Crippen LogP contribution in [0.2, 0.25) is 25.7 Å². The monoisotopic (exact) mass is 614 g/mol. The maximum atomic E-state index is 14.5. The number of ether oxygens (including phenoxy) is 2. The van der Waals surface area contributed by atoms with Gasteiger partial charge in [0.15, 0.2) is 5.82 Å². The van der Waals surface area contributed by atoms with Crippen molar-refractivity contribution in [2.45, 2.75) is 91.0 Å². The Labute approximate surface area is 253 Å². The quantitative estimate of drug-likeness (QED) is 0.203. The summed E-state index contributed by atoms with van der Waals surface area (Å²) in [6.07, 6.45) is 2.58. The second-order valence-corrected chi connectivity index (χ2v) is 19.4. The maximum Gasteiger partial charge on any atom is 0.410 e. The van der Waals surface area contributed by atoms with Crippen molar-refractivity contribution in [3.05, 3.63) is 46.9 Å². The Morgan fingerprint density at radius 3 is 2.56 bits per heavy atom. The van der Waals surface area contributed by atoms with Gasteiger partial charge in [0.2, 0.25) is 0 Å². The van der Waals surface area contributed by atoms with Gasteiger partial charge in [-0.3, -0.25) is 4.68 Å². The molecule has 0 bridgehead atoms. The predicted octanol–water partition coefficient (Wildman–Crippen LogP) is 6.91. The average Bonchev–Trinajstić information content (AvgIpc) is 3.51.